The highest BCUT2D eigenvalue weighted by atomic mass is 19.1. The lowest BCUT2D eigenvalue weighted by molar-refractivity contribution is -0.120. The molecule has 2 aromatic carbocycles. The maximum Gasteiger partial charge on any atom is 0.244 e. The molecule has 0 aliphatic heterocycles. The zero-order valence-electron chi connectivity index (χ0n) is 14.2. The minimum Gasteiger partial charge on any atom is -0.326 e. The van der Waals surface area contributed by atoms with Gasteiger partial charge in [-0.2, -0.15) is 0 Å². The van der Waals surface area contributed by atoms with Crippen LogP contribution >= 0.6 is 0 Å². The van der Waals surface area contributed by atoms with Crippen molar-refractivity contribution in [3.05, 3.63) is 54.1 Å². The number of amides is 3. The van der Waals surface area contributed by atoms with Gasteiger partial charge in [-0.1, -0.05) is 6.07 Å². The number of rotatable bonds is 5. The zero-order chi connectivity index (χ0) is 19.3. The molecule has 0 heterocycles. The van der Waals surface area contributed by atoms with Gasteiger partial charge in [0.05, 0.1) is 0 Å². The number of hydrogen-bond acceptors (Lipinski definition) is 3. The van der Waals surface area contributed by atoms with E-state index >= 15 is 0 Å². The summed E-state index contributed by atoms with van der Waals surface area (Å²) in [5.74, 6) is -3.25. The summed E-state index contributed by atoms with van der Waals surface area (Å²) < 4.78 is 27.2. The lowest BCUT2D eigenvalue weighted by Gasteiger charge is -2.21. The van der Waals surface area contributed by atoms with Gasteiger partial charge in [-0.3, -0.25) is 14.4 Å². The van der Waals surface area contributed by atoms with Crippen molar-refractivity contribution in [2.75, 3.05) is 22.1 Å². The highest BCUT2D eigenvalue weighted by molar-refractivity contribution is 6.02. The maximum absolute atomic E-state index is 13.6. The Kier molecular flexibility index (Phi) is 6.00. The molecule has 0 fully saturated rings. The molecule has 0 saturated heterocycles. The molecule has 0 spiro atoms. The summed E-state index contributed by atoms with van der Waals surface area (Å²) in [6.45, 7) is 2.20. The predicted octanol–water partition coefficient (Wildman–Crippen LogP) is 2.91. The smallest absolute Gasteiger partial charge is 0.244 e. The van der Waals surface area contributed by atoms with Crippen LogP contribution in [-0.2, 0) is 14.4 Å². The van der Waals surface area contributed by atoms with Crippen molar-refractivity contribution in [1.82, 2.24) is 0 Å². The van der Waals surface area contributed by atoms with Gasteiger partial charge in [0.1, 0.15) is 23.9 Å². The topological polar surface area (TPSA) is 78.5 Å². The molecule has 0 unspecified atom stereocenters. The van der Waals surface area contributed by atoms with Gasteiger partial charge in [-0.15, -0.1) is 0 Å². The average Bonchev–Trinajstić information content (AvgIpc) is 2.56. The molecule has 6 nitrogen and oxygen atoms in total. The first-order valence-corrected chi connectivity index (χ1v) is 7.67. The molecule has 0 radical (unpaired) electrons. The molecule has 2 rings (SSSR count). The highest BCUT2D eigenvalue weighted by Gasteiger charge is 2.18. The number of para-hydroxylation sites is 1. The first kappa shape index (κ1) is 19.0. The number of halogens is 2. The number of anilines is 3. The second-order valence-electron chi connectivity index (χ2n) is 5.48. The highest BCUT2D eigenvalue weighted by Crippen LogP contribution is 2.20. The molecule has 8 heteroatoms. The van der Waals surface area contributed by atoms with Crippen LogP contribution in [0.5, 0.6) is 0 Å². The van der Waals surface area contributed by atoms with E-state index in [1.54, 1.807) is 24.3 Å². The number of carbonyl (C=O) groups excluding carboxylic acids is 3. The second kappa shape index (κ2) is 8.19. The van der Waals surface area contributed by atoms with Crippen molar-refractivity contribution >= 4 is 34.8 Å². The Labute approximate surface area is 148 Å². The van der Waals surface area contributed by atoms with Gasteiger partial charge >= 0.3 is 0 Å². The summed E-state index contributed by atoms with van der Waals surface area (Å²) >= 11 is 0. The maximum atomic E-state index is 13.6. The van der Waals surface area contributed by atoms with Gasteiger partial charge < -0.3 is 15.5 Å². The van der Waals surface area contributed by atoms with E-state index in [0.717, 1.165) is 17.0 Å². The normalized spacial score (nSPS) is 10.2. The molecule has 0 aliphatic rings. The number of hydrogen-bond donors (Lipinski definition) is 2. The fourth-order valence-corrected chi connectivity index (χ4v) is 2.25. The van der Waals surface area contributed by atoms with Crippen molar-refractivity contribution in [2.24, 2.45) is 0 Å². The standard InChI is InChI=1S/C18H17F2N3O3/c1-11(24)21-13-6-8-14(9-7-13)23(12(2)25)10-17(26)22-18-15(19)4-3-5-16(18)20/h3-9H,10H2,1-2H3,(H,21,24)(H,22,26). The number of benzene rings is 2. The molecule has 26 heavy (non-hydrogen) atoms. The molecule has 0 aliphatic carbocycles. The third-order valence-corrected chi connectivity index (χ3v) is 3.41. The molecule has 0 bridgehead atoms. The molecule has 3 amide bonds. The number of nitrogens with one attached hydrogen (secondary N) is 2. The minimum absolute atomic E-state index is 0.243. The Hall–Kier alpha value is -3.29. The fraction of sp³-hybridized carbons (Fsp3) is 0.167. The molecule has 2 N–H and O–H groups in total. The van der Waals surface area contributed by atoms with E-state index in [9.17, 15) is 23.2 Å². The van der Waals surface area contributed by atoms with Crippen molar-refractivity contribution in [3.63, 3.8) is 0 Å². The Balaban J connectivity index is 2.14. The summed E-state index contributed by atoms with van der Waals surface area (Å²) in [7, 11) is 0. The van der Waals surface area contributed by atoms with Crippen LogP contribution in [0.1, 0.15) is 13.8 Å². The first-order valence-electron chi connectivity index (χ1n) is 7.67. The van der Waals surface area contributed by atoms with Crippen LogP contribution in [-0.4, -0.2) is 24.3 Å². The van der Waals surface area contributed by atoms with Crippen LogP contribution in [0, 0.1) is 11.6 Å². The monoisotopic (exact) mass is 361 g/mol. The van der Waals surface area contributed by atoms with E-state index in [2.05, 4.69) is 10.6 Å². The zero-order valence-corrected chi connectivity index (χ0v) is 14.2. The molecular formula is C18H17F2N3O3. The van der Waals surface area contributed by atoms with Crippen LogP contribution in [0.2, 0.25) is 0 Å². The van der Waals surface area contributed by atoms with Gasteiger partial charge in [-0.05, 0) is 36.4 Å². The molecule has 0 saturated carbocycles. The van der Waals surface area contributed by atoms with Gasteiger partial charge in [0.2, 0.25) is 17.7 Å². The van der Waals surface area contributed by atoms with E-state index in [1.165, 1.54) is 19.9 Å². The Morgan fingerprint density at radius 3 is 2.00 bits per heavy atom. The fourth-order valence-electron chi connectivity index (χ4n) is 2.25. The molecule has 136 valence electrons. The average molecular weight is 361 g/mol. The number of carbonyl (C=O) groups is 3. The summed E-state index contributed by atoms with van der Waals surface area (Å²) in [4.78, 5) is 36.1. The van der Waals surface area contributed by atoms with Crippen molar-refractivity contribution in [2.45, 2.75) is 13.8 Å². The summed E-state index contributed by atoms with van der Waals surface area (Å²) in [5, 5.41) is 4.71. The SMILES string of the molecule is CC(=O)Nc1ccc(N(CC(=O)Nc2c(F)cccc2F)C(C)=O)cc1. The van der Waals surface area contributed by atoms with Crippen LogP contribution in [0.4, 0.5) is 25.8 Å². The molecular weight excluding hydrogens is 344 g/mol. The van der Waals surface area contributed by atoms with Crippen LogP contribution in [0.15, 0.2) is 42.5 Å². The van der Waals surface area contributed by atoms with Gasteiger partial charge in [-0.25, -0.2) is 8.78 Å². The molecule has 0 aromatic heterocycles. The second-order valence-corrected chi connectivity index (χ2v) is 5.48. The first-order chi connectivity index (χ1) is 12.3. The summed E-state index contributed by atoms with van der Waals surface area (Å²) in [6, 6.07) is 9.44. The van der Waals surface area contributed by atoms with Crippen LogP contribution in [0.25, 0.3) is 0 Å². The van der Waals surface area contributed by atoms with E-state index in [0.29, 0.717) is 11.4 Å². The van der Waals surface area contributed by atoms with E-state index in [-0.39, 0.29) is 5.91 Å². The Morgan fingerprint density at radius 2 is 1.50 bits per heavy atom. The van der Waals surface area contributed by atoms with Gasteiger partial charge in [0, 0.05) is 25.2 Å². The lowest BCUT2D eigenvalue weighted by Crippen LogP contribution is -2.37. The van der Waals surface area contributed by atoms with E-state index < -0.39 is 35.7 Å². The molecule has 2 aromatic rings. The third-order valence-electron chi connectivity index (χ3n) is 3.41. The Bertz CT molecular complexity index is 818. The minimum atomic E-state index is -0.910. The lowest BCUT2D eigenvalue weighted by atomic mass is 10.2. The largest absolute Gasteiger partial charge is 0.326 e. The van der Waals surface area contributed by atoms with Crippen LogP contribution in [0.3, 0.4) is 0 Å². The van der Waals surface area contributed by atoms with E-state index in [1.807, 2.05) is 0 Å². The van der Waals surface area contributed by atoms with Crippen LogP contribution < -0.4 is 15.5 Å². The third kappa shape index (κ3) is 4.85. The Morgan fingerprint density at radius 1 is 0.923 bits per heavy atom. The van der Waals surface area contributed by atoms with Gasteiger partial charge in [0.15, 0.2) is 0 Å². The molecule has 0 atom stereocenters. The quantitative estimate of drug-likeness (QED) is 0.860. The number of nitrogens with zero attached hydrogens (tertiary/aromatic N) is 1. The van der Waals surface area contributed by atoms with Gasteiger partial charge in [0.25, 0.3) is 0 Å². The summed E-state index contributed by atoms with van der Waals surface area (Å²) in [5.41, 5.74) is 0.361. The predicted molar refractivity (Wildman–Crippen MR) is 93.8 cm³/mol. The van der Waals surface area contributed by atoms with E-state index in [4.69, 9.17) is 0 Å². The van der Waals surface area contributed by atoms with Crippen molar-refractivity contribution < 1.29 is 23.2 Å². The van der Waals surface area contributed by atoms with Crippen molar-refractivity contribution in [1.29, 1.82) is 0 Å². The van der Waals surface area contributed by atoms with Crippen molar-refractivity contribution in [3.8, 4) is 0 Å². The summed E-state index contributed by atoms with van der Waals surface area (Å²) in [6.07, 6.45) is 0.